The van der Waals surface area contributed by atoms with Crippen LogP contribution in [0, 0.1) is 0 Å². The zero-order valence-corrected chi connectivity index (χ0v) is 18.0. The summed E-state index contributed by atoms with van der Waals surface area (Å²) < 4.78 is 13.1. The van der Waals surface area contributed by atoms with Crippen LogP contribution >= 0.6 is 11.8 Å². The fraction of sp³-hybridized carbons (Fsp3) is 0.273. The van der Waals surface area contributed by atoms with E-state index in [1.54, 1.807) is 18.2 Å². The number of nitrogens with one attached hydrogen (secondary N) is 1. The van der Waals surface area contributed by atoms with Gasteiger partial charge >= 0.3 is 0 Å². The minimum Gasteiger partial charge on any atom is -0.486 e. The molecule has 1 amide bonds. The summed E-state index contributed by atoms with van der Waals surface area (Å²) in [6.45, 7) is 5.20. The van der Waals surface area contributed by atoms with E-state index in [9.17, 15) is 4.79 Å². The second-order valence-electron chi connectivity index (χ2n) is 7.47. The van der Waals surface area contributed by atoms with Crippen LogP contribution in [0.4, 0.5) is 5.69 Å². The van der Waals surface area contributed by atoms with Crippen molar-refractivity contribution in [3.8, 4) is 11.5 Å². The third kappa shape index (κ3) is 3.76. The maximum absolute atomic E-state index is 12.6. The van der Waals surface area contributed by atoms with Crippen molar-refractivity contribution >= 4 is 40.0 Å². The van der Waals surface area contributed by atoms with E-state index in [-0.39, 0.29) is 17.6 Å². The molecule has 31 heavy (non-hydrogen) atoms. The Morgan fingerprint density at radius 2 is 1.94 bits per heavy atom. The van der Waals surface area contributed by atoms with E-state index in [4.69, 9.17) is 14.5 Å². The zero-order chi connectivity index (χ0) is 21.4. The number of para-hydroxylation sites is 2. The fourth-order valence-electron chi connectivity index (χ4n) is 3.50. The number of ether oxygens (including phenoxy) is 2. The van der Waals surface area contributed by atoms with Crippen molar-refractivity contribution in [2.24, 2.45) is 0 Å². The average molecular weight is 436 g/mol. The molecular weight excluding hydrogens is 414 g/mol. The van der Waals surface area contributed by atoms with E-state index in [2.05, 4.69) is 29.4 Å². The molecule has 1 N–H and O–H groups in total. The molecule has 1 aliphatic rings. The number of hydrogen-bond acceptors (Lipinski definition) is 7. The van der Waals surface area contributed by atoms with Crippen molar-refractivity contribution in [2.45, 2.75) is 24.8 Å². The lowest BCUT2D eigenvalue weighted by molar-refractivity contribution is -0.113. The van der Waals surface area contributed by atoms with Crippen LogP contribution in [-0.2, 0) is 4.79 Å². The first-order valence-corrected chi connectivity index (χ1v) is 11.0. The van der Waals surface area contributed by atoms with E-state index in [1.165, 1.54) is 11.8 Å². The highest BCUT2D eigenvalue weighted by atomic mass is 32.2. The maximum Gasteiger partial charge on any atom is 0.234 e. The number of carbonyl (C=O) groups excluding carboxylic acids is 1. The van der Waals surface area contributed by atoms with Crippen molar-refractivity contribution in [3.63, 3.8) is 0 Å². The van der Waals surface area contributed by atoms with E-state index in [0.29, 0.717) is 41.1 Å². The van der Waals surface area contributed by atoms with E-state index in [1.807, 2.05) is 28.7 Å². The number of amides is 1. The summed E-state index contributed by atoms with van der Waals surface area (Å²) in [7, 11) is 0. The van der Waals surface area contributed by atoms with Crippen LogP contribution in [0.2, 0.25) is 0 Å². The molecule has 0 fully saturated rings. The molecular formula is C22H21N5O3S. The van der Waals surface area contributed by atoms with Gasteiger partial charge in [0, 0.05) is 17.7 Å². The first kappa shape index (κ1) is 19.6. The van der Waals surface area contributed by atoms with Crippen molar-refractivity contribution < 1.29 is 14.3 Å². The fourth-order valence-corrected chi connectivity index (χ4v) is 4.27. The van der Waals surface area contributed by atoms with Crippen LogP contribution in [0.3, 0.4) is 0 Å². The second kappa shape index (κ2) is 8.07. The van der Waals surface area contributed by atoms with Gasteiger partial charge in [0.2, 0.25) is 5.91 Å². The van der Waals surface area contributed by atoms with Gasteiger partial charge in [-0.3, -0.25) is 9.20 Å². The minimum atomic E-state index is -0.140. The third-order valence-electron chi connectivity index (χ3n) is 4.91. The Kier molecular flexibility index (Phi) is 5.11. The monoisotopic (exact) mass is 435 g/mol. The van der Waals surface area contributed by atoms with Gasteiger partial charge in [-0.15, -0.1) is 10.2 Å². The predicted octanol–water partition coefficient (Wildman–Crippen LogP) is 3.90. The molecule has 0 saturated carbocycles. The van der Waals surface area contributed by atoms with Gasteiger partial charge < -0.3 is 14.8 Å². The number of hydrogen-bond donors (Lipinski definition) is 1. The van der Waals surface area contributed by atoms with Crippen LogP contribution in [0.1, 0.15) is 25.6 Å². The van der Waals surface area contributed by atoms with Crippen LogP contribution in [0.25, 0.3) is 16.7 Å². The summed E-state index contributed by atoms with van der Waals surface area (Å²) in [5, 5.41) is 12.3. The number of aromatic nitrogens is 4. The smallest absolute Gasteiger partial charge is 0.234 e. The minimum absolute atomic E-state index is 0.140. The van der Waals surface area contributed by atoms with Gasteiger partial charge in [-0.25, -0.2) is 4.98 Å². The normalized spacial score (nSPS) is 13.1. The number of rotatable bonds is 5. The van der Waals surface area contributed by atoms with Crippen molar-refractivity contribution in [3.05, 3.63) is 48.3 Å². The van der Waals surface area contributed by atoms with Gasteiger partial charge in [0.05, 0.1) is 16.8 Å². The molecule has 0 atom stereocenters. The molecule has 9 heteroatoms. The third-order valence-corrected chi connectivity index (χ3v) is 5.86. The Labute approximate surface area is 183 Å². The van der Waals surface area contributed by atoms with Crippen LogP contribution in [0.5, 0.6) is 11.5 Å². The van der Waals surface area contributed by atoms with Crippen LogP contribution in [0.15, 0.2) is 47.5 Å². The Morgan fingerprint density at radius 1 is 1.13 bits per heavy atom. The first-order chi connectivity index (χ1) is 15.1. The molecule has 3 heterocycles. The molecule has 0 spiro atoms. The van der Waals surface area contributed by atoms with Crippen LogP contribution < -0.4 is 14.8 Å². The Bertz CT molecular complexity index is 1290. The number of fused-ring (bicyclic) bond motifs is 4. The van der Waals surface area contributed by atoms with Gasteiger partial charge in [0.25, 0.3) is 0 Å². The average Bonchev–Trinajstić information content (AvgIpc) is 3.23. The lowest BCUT2D eigenvalue weighted by Gasteiger charge is -2.19. The molecule has 2 aromatic heterocycles. The number of nitrogens with zero attached hydrogens (tertiary/aromatic N) is 4. The SMILES string of the molecule is CC(C)c1nnc2c(SCC(=O)Nc3ccc4c(c3)OCCO4)nc3ccccc3n12. The standard InChI is InChI=1S/C22H21N5O3S/c1-13(2)20-25-26-21-22(24-15-5-3-4-6-16(15)27(20)21)31-12-19(28)23-14-7-8-17-18(11-14)30-10-9-29-17/h3-8,11,13H,9-10,12H2,1-2H3,(H,23,28). The van der Waals surface area contributed by atoms with E-state index in [0.717, 1.165) is 16.9 Å². The maximum atomic E-state index is 12.6. The number of anilines is 1. The zero-order valence-electron chi connectivity index (χ0n) is 17.2. The molecule has 4 aromatic rings. The van der Waals surface area contributed by atoms with Crippen molar-refractivity contribution in [1.29, 1.82) is 0 Å². The second-order valence-corrected chi connectivity index (χ2v) is 8.44. The molecule has 5 rings (SSSR count). The predicted molar refractivity (Wildman–Crippen MR) is 119 cm³/mol. The quantitative estimate of drug-likeness (QED) is 0.475. The molecule has 0 radical (unpaired) electrons. The highest BCUT2D eigenvalue weighted by molar-refractivity contribution is 8.00. The summed E-state index contributed by atoms with van der Waals surface area (Å²) >= 11 is 1.34. The number of benzene rings is 2. The van der Waals surface area contributed by atoms with Crippen molar-refractivity contribution in [2.75, 3.05) is 24.3 Å². The lowest BCUT2D eigenvalue weighted by Crippen LogP contribution is -2.17. The Hall–Kier alpha value is -3.33. The summed E-state index contributed by atoms with van der Waals surface area (Å²) in [5.74, 6) is 2.46. The number of thioether (sulfide) groups is 1. The summed E-state index contributed by atoms with van der Waals surface area (Å²) in [4.78, 5) is 17.3. The van der Waals surface area contributed by atoms with E-state index < -0.39 is 0 Å². The topological polar surface area (TPSA) is 90.6 Å². The van der Waals surface area contributed by atoms with E-state index >= 15 is 0 Å². The highest BCUT2D eigenvalue weighted by Crippen LogP contribution is 2.33. The summed E-state index contributed by atoms with van der Waals surface area (Å²) in [6, 6.07) is 13.3. The largest absolute Gasteiger partial charge is 0.486 e. The molecule has 0 bridgehead atoms. The molecule has 0 aliphatic carbocycles. The molecule has 158 valence electrons. The van der Waals surface area contributed by atoms with Crippen LogP contribution in [-0.4, -0.2) is 44.5 Å². The Balaban J connectivity index is 1.38. The van der Waals surface area contributed by atoms with Crippen molar-refractivity contribution in [1.82, 2.24) is 19.6 Å². The molecule has 8 nitrogen and oxygen atoms in total. The Morgan fingerprint density at radius 3 is 2.77 bits per heavy atom. The molecule has 1 aliphatic heterocycles. The summed E-state index contributed by atoms with van der Waals surface area (Å²) in [6.07, 6.45) is 0. The lowest BCUT2D eigenvalue weighted by atomic mass is 10.2. The molecule has 2 aromatic carbocycles. The first-order valence-electron chi connectivity index (χ1n) is 10.1. The van der Waals surface area contributed by atoms with Gasteiger partial charge in [-0.2, -0.15) is 0 Å². The summed E-state index contributed by atoms with van der Waals surface area (Å²) in [5.41, 5.74) is 3.12. The van der Waals surface area contributed by atoms with Gasteiger partial charge in [0.1, 0.15) is 24.1 Å². The highest BCUT2D eigenvalue weighted by Gasteiger charge is 2.18. The molecule has 0 saturated heterocycles. The van der Waals surface area contributed by atoms with Gasteiger partial charge in [0.15, 0.2) is 17.1 Å². The number of carbonyl (C=O) groups is 1. The van der Waals surface area contributed by atoms with Gasteiger partial charge in [-0.1, -0.05) is 37.7 Å². The van der Waals surface area contributed by atoms with Gasteiger partial charge in [-0.05, 0) is 24.3 Å². The molecule has 0 unspecified atom stereocenters.